The van der Waals surface area contributed by atoms with E-state index in [1.807, 2.05) is 44.2 Å². The van der Waals surface area contributed by atoms with Crippen molar-refractivity contribution in [3.63, 3.8) is 0 Å². The average molecular weight is 431 g/mol. The van der Waals surface area contributed by atoms with Gasteiger partial charge in [-0.15, -0.1) is 0 Å². The van der Waals surface area contributed by atoms with Crippen LogP contribution >= 0.6 is 15.9 Å². The number of rotatable bonds is 7. The van der Waals surface area contributed by atoms with Gasteiger partial charge in [-0.1, -0.05) is 18.2 Å². The molecule has 0 saturated carbocycles. The fourth-order valence-corrected chi connectivity index (χ4v) is 3.10. The summed E-state index contributed by atoms with van der Waals surface area (Å²) in [6.07, 6.45) is 1.53. The minimum atomic E-state index is -0.419. The number of amides is 1. The van der Waals surface area contributed by atoms with Gasteiger partial charge in [0.15, 0.2) is 17.3 Å². The van der Waals surface area contributed by atoms with Gasteiger partial charge >= 0.3 is 5.91 Å². The number of carbonyl (C=O) groups excluding carboxylic acids is 1. The summed E-state index contributed by atoms with van der Waals surface area (Å²) in [7, 11) is 0. The molecule has 0 fully saturated rings. The SMILES string of the molecule is CCOc1cc(/C=N/NC(=O)c2cc3ccccc3o2)cc(Br)c1OCC. The Labute approximate surface area is 165 Å². The smallest absolute Gasteiger partial charge is 0.307 e. The Balaban J connectivity index is 1.74. The predicted molar refractivity (Wildman–Crippen MR) is 108 cm³/mol. The van der Waals surface area contributed by atoms with Gasteiger partial charge in [0.1, 0.15) is 5.58 Å². The standard InChI is InChI=1S/C20H19BrN2O4/c1-3-25-17-10-13(9-15(21)19(17)26-4-2)12-22-23-20(24)18-11-14-7-5-6-8-16(14)27-18/h5-12H,3-4H2,1-2H3,(H,23,24)/b22-12+. The fraction of sp³-hybridized carbons (Fsp3) is 0.200. The predicted octanol–water partition coefficient (Wildman–Crippen LogP) is 4.76. The number of hydrogen-bond acceptors (Lipinski definition) is 5. The van der Waals surface area contributed by atoms with Gasteiger partial charge in [-0.3, -0.25) is 4.79 Å². The van der Waals surface area contributed by atoms with E-state index in [-0.39, 0.29) is 5.76 Å². The third-order valence-corrected chi connectivity index (χ3v) is 4.24. The van der Waals surface area contributed by atoms with Gasteiger partial charge in [0.25, 0.3) is 0 Å². The van der Waals surface area contributed by atoms with Crippen LogP contribution in [-0.4, -0.2) is 25.3 Å². The first kappa shape index (κ1) is 19.0. The molecule has 0 saturated heterocycles. The van der Waals surface area contributed by atoms with Gasteiger partial charge in [-0.05, 0) is 59.6 Å². The number of halogens is 1. The number of nitrogens with zero attached hydrogens (tertiary/aromatic N) is 1. The topological polar surface area (TPSA) is 73.1 Å². The van der Waals surface area contributed by atoms with E-state index in [2.05, 4.69) is 26.5 Å². The largest absolute Gasteiger partial charge is 0.490 e. The van der Waals surface area contributed by atoms with Crippen LogP contribution in [0.5, 0.6) is 11.5 Å². The minimum absolute atomic E-state index is 0.205. The third kappa shape index (κ3) is 4.49. The molecule has 6 nitrogen and oxygen atoms in total. The summed E-state index contributed by atoms with van der Waals surface area (Å²) in [6.45, 7) is 4.85. The molecule has 1 N–H and O–H groups in total. The van der Waals surface area contributed by atoms with Crippen LogP contribution in [0.1, 0.15) is 30.0 Å². The number of furan rings is 1. The molecule has 0 aliphatic heterocycles. The molecule has 1 amide bonds. The highest BCUT2D eigenvalue weighted by molar-refractivity contribution is 9.10. The molecule has 27 heavy (non-hydrogen) atoms. The number of nitrogens with one attached hydrogen (secondary N) is 1. The summed E-state index contributed by atoms with van der Waals surface area (Å²) in [6, 6.07) is 12.7. The zero-order valence-electron chi connectivity index (χ0n) is 15.0. The van der Waals surface area contributed by atoms with Crippen molar-refractivity contribution in [2.75, 3.05) is 13.2 Å². The van der Waals surface area contributed by atoms with Crippen molar-refractivity contribution in [3.05, 3.63) is 58.3 Å². The highest BCUT2D eigenvalue weighted by Gasteiger charge is 2.12. The molecular weight excluding hydrogens is 412 g/mol. The number of para-hydroxylation sites is 1. The summed E-state index contributed by atoms with van der Waals surface area (Å²) < 4.78 is 17.5. The quantitative estimate of drug-likeness (QED) is 0.433. The second-order valence-corrected chi connectivity index (χ2v) is 6.40. The summed E-state index contributed by atoms with van der Waals surface area (Å²) in [4.78, 5) is 12.2. The van der Waals surface area contributed by atoms with Gasteiger partial charge in [0, 0.05) is 5.39 Å². The lowest BCUT2D eigenvalue weighted by molar-refractivity contribution is 0.0929. The zero-order chi connectivity index (χ0) is 19.2. The van der Waals surface area contributed by atoms with E-state index in [4.69, 9.17) is 13.9 Å². The maximum atomic E-state index is 12.2. The molecule has 3 rings (SSSR count). The molecule has 1 heterocycles. The Morgan fingerprint density at radius 1 is 1.19 bits per heavy atom. The second-order valence-electron chi connectivity index (χ2n) is 5.54. The number of hydrazone groups is 1. The summed E-state index contributed by atoms with van der Waals surface area (Å²) in [5.41, 5.74) is 3.87. The number of ether oxygens (including phenoxy) is 2. The van der Waals surface area contributed by atoms with Gasteiger partial charge in [0.2, 0.25) is 0 Å². The highest BCUT2D eigenvalue weighted by atomic mass is 79.9. The van der Waals surface area contributed by atoms with Crippen molar-refractivity contribution in [3.8, 4) is 11.5 Å². The van der Waals surface area contributed by atoms with Crippen LogP contribution in [0.2, 0.25) is 0 Å². The Morgan fingerprint density at radius 2 is 1.96 bits per heavy atom. The van der Waals surface area contributed by atoms with Crippen LogP contribution in [0, 0.1) is 0 Å². The Hall–Kier alpha value is -2.80. The Kier molecular flexibility index (Phi) is 6.13. The van der Waals surface area contributed by atoms with E-state index in [0.29, 0.717) is 30.3 Å². The first-order chi connectivity index (χ1) is 13.1. The monoisotopic (exact) mass is 430 g/mol. The molecule has 0 atom stereocenters. The van der Waals surface area contributed by atoms with Gasteiger partial charge < -0.3 is 13.9 Å². The molecule has 0 unspecified atom stereocenters. The van der Waals surface area contributed by atoms with E-state index in [9.17, 15) is 4.79 Å². The summed E-state index contributed by atoms with van der Waals surface area (Å²) in [5.74, 6) is 1.04. The molecule has 0 bridgehead atoms. The molecule has 0 aliphatic carbocycles. The lowest BCUT2D eigenvalue weighted by Crippen LogP contribution is -2.16. The van der Waals surface area contributed by atoms with Crippen molar-refractivity contribution >= 4 is 39.0 Å². The first-order valence-electron chi connectivity index (χ1n) is 8.53. The van der Waals surface area contributed by atoms with Crippen LogP contribution in [0.25, 0.3) is 11.0 Å². The van der Waals surface area contributed by atoms with E-state index >= 15 is 0 Å². The average Bonchev–Trinajstić information content (AvgIpc) is 3.09. The number of hydrogen-bond donors (Lipinski definition) is 1. The van der Waals surface area contributed by atoms with E-state index in [0.717, 1.165) is 15.4 Å². The molecule has 3 aromatic rings. The van der Waals surface area contributed by atoms with Crippen LogP contribution in [0.3, 0.4) is 0 Å². The molecule has 7 heteroatoms. The number of carbonyl (C=O) groups is 1. The highest BCUT2D eigenvalue weighted by Crippen LogP contribution is 2.36. The maximum absolute atomic E-state index is 12.2. The van der Waals surface area contributed by atoms with Crippen LogP contribution in [0.15, 0.2) is 56.5 Å². The van der Waals surface area contributed by atoms with E-state index in [1.54, 1.807) is 12.1 Å². The van der Waals surface area contributed by atoms with Crippen molar-refractivity contribution in [1.29, 1.82) is 0 Å². The second kappa shape index (κ2) is 8.73. The molecule has 2 aromatic carbocycles. The van der Waals surface area contributed by atoms with Crippen molar-refractivity contribution in [1.82, 2.24) is 5.43 Å². The van der Waals surface area contributed by atoms with Crippen LogP contribution < -0.4 is 14.9 Å². The molecule has 0 aliphatic rings. The summed E-state index contributed by atoms with van der Waals surface area (Å²) in [5, 5.41) is 4.87. The summed E-state index contributed by atoms with van der Waals surface area (Å²) >= 11 is 3.48. The molecule has 140 valence electrons. The van der Waals surface area contributed by atoms with Crippen molar-refractivity contribution in [2.45, 2.75) is 13.8 Å². The maximum Gasteiger partial charge on any atom is 0.307 e. The van der Waals surface area contributed by atoms with Gasteiger partial charge in [0.05, 0.1) is 23.9 Å². The number of fused-ring (bicyclic) bond motifs is 1. The van der Waals surface area contributed by atoms with E-state index in [1.165, 1.54) is 6.21 Å². The van der Waals surface area contributed by atoms with Gasteiger partial charge in [-0.25, -0.2) is 5.43 Å². The van der Waals surface area contributed by atoms with Crippen LogP contribution in [-0.2, 0) is 0 Å². The zero-order valence-corrected chi connectivity index (χ0v) is 16.6. The molecule has 1 aromatic heterocycles. The van der Waals surface area contributed by atoms with E-state index < -0.39 is 5.91 Å². The normalized spacial score (nSPS) is 11.1. The van der Waals surface area contributed by atoms with Crippen molar-refractivity contribution < 1.29 is 18.7 Å². The minimum Gasteiger partial charge on any atom is -0.490 e. The fourth-order valence-electron chi connectivity index (χ4n) is 2.52. The van der Waals surface area contributed by atoms with Gasteiger partial charge in [-0.2, -0.15) is 5.10 Å². The van der Waals surface area contributed by atoms with Crippen molar-refractivity contribution in [2.24, 2.45) is 5.10 Å². The lowest BCUT2D eigenvalue weighted by Gasteiger charge is -2.13. The lowest BCUT2D eigenvalue weighted by atomic mass is 10.2. The third-order valence-electron chi connectivity index (χ3n) is 3.65. The molecular formula is C20H19BrN2O4. The first-order valence-corrected chi connectivity index (χ1v) is 9.32. The molecule has 0 spiro atoms. The Bertz CT molecular complexity index is 948. The molecule has 0 radical (unpaired) electrons. The van der Waals surface area contributed by atoms with Crippen LogP contribution in [0.4, 0.5) is 0 Å². The number of benzene rings is 2. The Morgan fingerprint density at radius 3 is 2.70 bits per heavy atom.